The summed E-state index contributed by atoms with van der Waals surface area (Å²) in [6.45, 7) is 0. The summed E-state index contributed by atoms with van der Waals surface area (Å²) in [5.74, 6) is 0.267. The number of benzene rings is 1. The minimum absolute atomic E-state index is 0.0150. The van der Waals surface area contributed by atoms with Crippen molar-refractivity contribution in [3.8, 4) is 6.07 Å². The van der Waals surface area contributed by atoms with Gasteiger partial charge in [0, 0.05) is 12.5 Å². The lowest BCUT2D eigenvalue weighted by Crippen LogP contribution is -2.51. The highest BCUT2D eigenvalue weighted by Gasteiger charge is 2.25. The van der Waals surface area contributed by atoms with E-state index in [1.54, 1.807) is 24.3 Å². The number of hydrogen-bond acceptors (Lipinski definition) is 5. The molecule has 27 heavy (non-hydrogen) atoms. The fourth-order valence-electron chi connectivity index (χ4n) is 3.25. The van der Waals surface area contributed by atoms with Gasteiger partial charge in [-0.2, -0.15) is 5.26 Å². The fraction of sp³-hybridized carbons (Fsp3) is 0.474. The number of hydrogen-bond donors (Lipinski definition) is 2. The van der Waals surface area contributed by atoms with E-state index in [2.05, 4.69) is 15.5 Å². The molecular weight excluding hydrogens is 348 g/mol. The van der Waals surface area contributed by atoms with E-state index in [0.29, 0.717) is 30.0 Å². The third-order valence-electron chi connectivity index (χ3n) is 4.80. The predicted molar refractivity (Wildman–Crippen MR) is 98.4 cm³/mol. The first-order chi connectivity index (χ1) is 13.1. The molecular formula is C19H24N4O4. The number of nitrogens with zero attached hydrogens (tertiary/aromatic N) is 2. The Bertz CT molecular complexity index is 691. The first-order valence-corrected chi connectivity index (χ1v) is 8.94. The van der Waals surface area contributed by atoms with Crippen molar-refractivity contribution in [1.29, 1.82) is 5.26 Å². The smallest absolute Gasteiger partial charge is 0.341 e. The number of esters is 1. The zero-order valence-corrected chi connectivity index (χ0v) is 15.3. The summed E-state index contributed by atoms with van der Waals surface area (Å²) in [7, 11) is 1.39. The van der Waals surface area contributed by atoms with E-state index < -0.39 is 6.03 Å². The molecule has 0 saturated heterocycles. The van der Waals surface area contributed by atoms with Crippen molar-refractivity contribution in [3.63, 3.8) is 0 Å². The molecule has 1 saturated carbocycles. The van der Waals surface area contributed by atoms with Crippen LogP contribution in [0, 0.1) is 17.2 Å². The van der Waals surface area contributed by atoms with Crippen LogP contribution in [0.5, 0.6) is 0 Å². The second-order valence-electron chi connectivity index (χ2n) is 6.52. The van der Waals surface area contributed by atoms with Crippen molar-refractivity contribution in [2.45, 2.75) is 44.6 Å². The second-order valence-corrected chi connectivity index (χ2v) is 6.52. The van der Waals surface area contributed by atoms with Crippen LogP contribution in [0.3, 0.4) is 0 Å². The molecule has 0 aromatic heterocycles. The van der Waals surface area contributed by atoms with Crippen LogP contribution in [0.4, 0.5) is 10.5 Å². The van der Waals surface area contributed by atoms with Crippen molar-refractivity contribution in [1.82, 2.24) is 10.7 Å². The maximum Gasteiger partial charge on any atom is 0.341 e. The van der Waals surface area contributed by atoms with Crippen molar-refractivity contribution in [3.05, 3.63) is 29.8 Å². The molecule has 0 atom stereocenters. The molecule has 0 heterocycles. The van der Waals surface area contributed by atoms with Crippen LogP contribution < -0.4 is 15.8 Å². The first kappa shape index (κ1) is 20.2. The lowest BCUT2D eigenvalue weighted by Gasteiger charge is -2.31. The Balaban J connectivity index is 1.87. The van der Waals surface area contributed by atoms with Crippen LogP contribution in [0.2, 0.25) is 0 Å². The zero-order chi connectivity index (χ0) is 19.6. The van der Waals surface area contributed by atoms with Crippen molar-refractivity contribution >= 4 is 24.1 Å². The molecule has 1 aliphatic carbocycles. The lowest BCUT2D eigenvalue weighted by molar-refractivity contribution is -0.141. The van der Waals surface area contributed by atoms with Crippen molar-refractivity contribution < 1.29 is 19.1 Å². The Kier molecular flexibility index (Phi) is 7.62. The number of carbonyl (C=O) groups is 3. The highest BCUT2D eigenvalue weighted by molar-refractivity contribution is 5.92. The van der Waals surface area contributed by atoms with Crippen molar-refractivity contribution in [2.24, 2.45) is 5.92 Å². The van der Waals surface area contributed by atoms with Gasteiger partial charge in [0.1, 0.15) is 0 Å². The highest BCUT2D eigenvalue weighted by atomic mass is 16.5. The second kappa shape index (κ2) is 10.2. The summed E-state index contributed by atoms with van der Waals surface area (Å²) in [6.07, 6.45) is 5.16. The SMILES string of the molecule is COC(=O)CC[C@H]1CC[C@H](NC(=O)N(NC=O)c2ccc(C#N)cc2)CC1. The summed E-state index contributed by atoms with van der Waals surface area (Å²) >= 11 is 0. The van der Waals surface area contributed by atoms with Gasteiger partial charge >= 0.3 is 12.0 Å². The van der Waals surface area contributed by atoms with E-state index in [9.17, 15) is 14.4 Å². The van der Waals surface area contributed by atoms with Gasteiger partial charge in [0.05, 0.1) is 24.4 Å². The average Bonchev–Trinajstić information content (AvgIpc) is 2.71. The molecule has 1 aromatic carbocycles. The third-order valence-corrected chi connectivity index (χ3v) is 4.80. The van der Waals surface area contributed by atoms with Gasteiger partial charge in [-0.1, -0.05) is 0 Å². The van der Waals surface area contributed by atoms with Crippen molar-refractivity contribution in [2.75, 3.05) is 12.1 Å². The molecule has 0 spiro atoms. The van der Waals surface area contributed by atoms with Crippen LogP contribution >= 0.6 is 0 Å². The normalized spacial score (nSPS) is 18.7. The number of ether oxygens (including phenoxy) is 1. The molecule has 2 rings (SSSR count). The van der Waals surface area contributed by atoms with Gasteiger partial charge in [-0.15, -0.1) is 0 Å². The minimum atomic E-state index is -0.426. The van der Waals surface area contributed by atoms with Gasteiger partial charge in [-0.3, -0.25) is 15.0 Å². The Hall–Kier alpha value is -3.08. The quantitative estimate of drug-likeness (QED) is 0.433. The molecule has 8 nitrogen and oxygen atoms in total. The van der Waals surface area contributed by atoms with E-state index in [1.165, 1.54) is 7.11 Å². The Morgan fingerprint density at radius 1 is 1.26 bits per heavy atom. The number of nitriles is 1. The topological polar surface area (TPSA) is 112 Å². The third kappa shape index (κ3) is 5.99. The summed E-state index contributed by atoms with van der Waals surface area (Å²) in [5.41, 5.74) is 3.31. The molecule has 0 aliphatic heterocycles. The molecule has 0 radical (unpaired) electrons. The van der Waals surface area contributed by atoms with E-state index in [4.69, 9.17) is 5.26 Å². The molecule has 0 unspecified atom stereocenters. The van der Waals surface area contributed by atoms with Crippen LogP contribution in [-0.2, 0) is 14.3 Å². The van der Waals surface area contributed by atoms with E-state index in [0.717, 1.165) is 37.1 Å². The molecule has 0 bridgehead atoms. The summed E-state index contributed by atoms with van der Waals surface area (Å²) in [6, 6.07) is 7.94. The first-order valence-electron chi connectivity index (χ1n) is 8.94. The largest absolute Gasteiger partial charge is 0.469 e. The van der Waals surface area contributed by atoms with Crippen LogP contribution in [-0.4, -0.2) is 31.6 Å². The molecule has 3 amide bonds. The number of anilines is 1. The number of urea groups is 1. The van der Waals surface area contributed by atoms with E-state index >= 15 is 0 Å². The van der Waals surface area contributed by atoms with Gasteiger partial charge in [-0.05, 0) is 62.3 Å². The maximum atomic E-state index is 12.6. The Labute approximate surface area is 158 Å². The van der Waals surface area contributed by atoms with Gasteiger partial charge < -0.3 is 10.1 Å². The maximum absolute atomic E-state index is 12.6. The summed E-state index contributed by atoms with van der Waals surface area (Å²) in [4.78, 5) is 34.7. The van der Waals surface area contributed by atoms with Crippen LogP contribution in [0.1, 0.15) is 44.1 Å². The van der Waals surface area contributed by atoms with Gasteiger partial charge in [0.2, 0.25) is 6.41 Å². The Morgan fingerprint density at radius 2 is 1.93 bits per heavy atom. The number of carbonyl (C=O) groups excluding carboxylic acids is 3. The lowest BCUT2D eigenvalue weighted by atomic mass is 9.83. The zero-order valence-electron chi connectivity index (χ0n) is 15.3. The van der Waals surface area contributed by atoms with E-state index in [1.807, 2.05) is 6.07 Å². The number of rotatable bonds is 7. The number of hydrazine groups is 1. The van der Waals surface area contributed by atoms with E-state index in [-0.39, 0.29) is 12.0 Å². The monoisotopic (exact) mass is 372 g/mol. The highest BCUT2D eigenvalue weighted by Crippen LogP contribution is 2.28. The molecule has 1 fully saturated rings. The van der Waals surface area contributed by atoms with Gasteiger partial charge in [-0.25, -0.2) is 9.80 Å². The molecule has 144 valence electrons. The standard InChI is InChI=1S/C19H24N4O4/c1-27-18(25)11-6-14-2-7-16(8-3-14)22-19(26)23(21-13-24)17-9-4-15(12-20)5-10-17/h4-5,9-10,13-14,16H,2-3,6-8,11H2,1H3,(H,21,24)(H,22,26)/t14-,16-. The Morgan fingerprint density at radius 3 is 2.48 bits per heavy atom. The van der Waals surface area contributed by atoms with Gasteiger partial charge in [0.15, 0.2) is 0 Å². The van der Waals surface area contributed by atoms with Gasteiger partial charge in [0.25, 0.3) is 0 Å². The average molecular weight is 372 g/mol. The molecule has 2 N–H and O–H groups in total. The summed E-state index contributed by atoms with van der Waals surface area (Å²) in [5, 5.41) is 12.9. The number of nitrogens with one attached hydrogen (secondary N) is 2. The minimum Gasteiger partial charge on any atom is -0.469 e. The summed E-state index contributed by atoms with van der Waals surface area (Å²) < 4.78 is 4.67. The van der Waals surface area contributed by atoms with Crippen LogP contribution in [0.15, 0.2) is 24.3 Å². The fourth-order valence-corrected chi connectivity index (χ4v) is 3.25. The molecule has 8 heteroatoms. The molecule has 1 aliphatic rings. The predicted octanol–water partition coefficient (Wildman–Crippen LogP) is 2.25. The van der Waals surface area contributed by atoms with Crippen LogP contribution in [0.25, 0.3) is 0 Å². The molecule has 1 aromatic rings. The number of methoxy groups -OCH3 is 1. The number of amides is 3.